The summed E-state index contributed by atoms with van der Waals surface area (Å²) >= 11 is 0. The fourth-order valence-electron chi connectivity index (χ4n) is 2.17. The smallest absolute Gasteiger partial charge is 0.294 e. The van der Waals surface area contributed by atoms with Gasteiger partial charge in [-0.05, 0) is 29.9 Å². The number of nitrogens with two attached hydrogens (primary N) is 1. The van der Waals surface area contributed by atoms with Gasteiger partial charge in [-0.25, -0.2) is 13.1 Å². The molecule has 0 saturated heterocycles. The maximum absolute atomic E-state index is 12.2. The van der Waals surface area contributed by atoms with Crippen LogP contribution >= 0.6 is 0 Å². The van der Waals surface area contributed by atoms with Crippen LogP contribution in [-0.2, 0) is 10.0 Å². The number of sulfonamides is 1. The molecule has 0 bridgehead atoms. The highest BCUT2D eigenvalue weighted by Crippen LogP contribution is 2.51. The quantitative estimate of drug-likeness (QED) is 0.411. The summed E-state index contributed by atoms with van der Waals surface area (Å²) in [6, 6.07) is 3.55. The van der Waals surface area contributed by atoms with Gasteiger partial charge in [-0.3, -0.25) is 16.0 Å². The van der Waals surface area contributed by atoms with Gasteiger partial charge in [0, 0.05) is 12.6 Å². The summed E-state index contributed by atoms with van der Waals surface area (Å²) < 4.78 is 26.8. The van der Waals surface area contributed by atoms with Crippen molar-refractivity contribution in [3.63, 3.8) is 0 Å². The standard InChI is InChI=1S/C12H18N4O4S/c1-12(2)6-8(12)7-14-21(19,20)9-3-4-10(15-13)11(5-9)16(17)18/h3-5,8,14-15H,6-7,13H2,1-2H3. The van der Waals surface area contributed by atoms with E-state index in [1.165, 1.54) is 12.1 Å². The lowest BCUT2D eigenvalue weighted by Gasteiger charge is -2.09. The molecule has 9 heteroatoms. The third-order valence-electron chi connectivity index (χ3n) is 3.87. The van der Waals surface area contributed by atoms with Gasteiger partial charge in [0.1, 0.15) is 5.69 Å². The predicted molar refractivity (Wildman–Crippen MR) is 78.0 cm³/mol. The minimum atomic E-state index is -3.77. The Balaban J connectivity index is 2.20. The molecule has 0 amide bonds. The molecule has 0 aliphatic heterocycles. The number of nitro groups is 1. The van der Waals surface area contributed by atoms with Crippen LogP contribution in [0.3, 0.4) is 0 Å². The lowest BCUT2D eigenvalue weighted by Crippen LogP contribution is -2.27. The number of anilines is 1. The lowest BCUT2D eigenvalue weighted by molar-refractivity contribution is -0.384. The van der Waals surface area contributed by atoms with E-state index < -0.39 is 14.9 Å². The summed E-state index contributed by atoms with van der Waals surface area (Å²) in [6.07, 6.45) is 0.964. The van der Waals surface area contributed by atoms with Crippen molar-refractivity contribution in [1.82, 2.24) is 4.72 Å². The first kappa shape index (κ1) is 15.7. The average Bonchev–Trinajstić information content (AvgIpc) is 3.03. The van der Waals surface area contributed by atoms with Crippen LogP contribution < -0.4 is 16.0 Å². The number of hydrazine groups is 1. The van der Waals surface area contributed by atoms with Crippen molar-refractivity contribution in [3.8, 4) is 0 Å². The van der Waals surface area contributed by atoms with Crippen molar-refractivity contribution in [2.75, 3.05) is 12.0 Å². The third-order valence-corrected chi connectivity index (χ3v) is 5.29. The number of rotatable bonds is 6. The highest BCUT2D eigenvalue weighted by atomic mass is 32.2. The van der Waals surface area contributed by atoms with E-state index in [0.717, 1.165) is 12.5 Å². The molecule has 1 aromatic carbocycles. The normalized spacial score (nSPS) is 20.0. The van der Waals surface area contributed by atoms with Crippen molar-refractivity contribution in [2.45, 2.75) is 25.2 Å². The van der Waals surface area contributed by atoms with E-state index >= 15 is 0 Å². The van der Waals surface area contributed by atoms with E-state index in [2.05, 4.69) is 24.0 Å². The first-order valence-corrected chi connectivity index (χ1v) is 7.90. The van der Waals surface area contributed by atoms with Crippen molar-refractivity contribution in [2.24, 2.45) is 17.2 Å². The zero-order valence-corrected chi connectivity index (χ0v) is 12.6. The number of hydrogen-bond acceptors (Lipinski definition) is 6. The van der Waals surface area contributed by atoms with Crippen LogP contribution in [-0.4, -0.2) is 19.9 Å². The van der Waals surface area contributed by atoms with E-state index in [9.17, 15) is 18.5 Å². The second-order valence-electron chi connectivity index (χ2n) is 5.82. The van der Waals surface area contributed by atoms with Crippen LogP contribution in [0.2, 0.25) is 0 Å². The molecule has 21 heavy (non-hydrogen) atoms. The molecule has 2 rings (SSSR count). The average molecular weight is 314 g/mol. The van der Waals surface area contributed by atoms with Crippen LogP contribution in [0.25, 0.3) is 0 Å². The number of nitrogen functional groups attached to an aromatic ring is 1. The maximum Gasteiger partial charge on any atom is 0.294 e. The Bertz CT molecular complexity index is 672. The molecule has 8 nitrogen and oxygen atoms in total. The number of nitrogens with zero attached hydrogens (tertiary/aromatic N) is 1. The SMILES string of the molecule is CC1(C)CC1CNS(=O)(=O)c1ccc(NN)c([N+](=O)[O-])c1. The Morgan fingerprint density at radius 3 is 2.57 bits per heavy atom. The van der Waals surface area contributed by atoms with Gasteiger partial charge < -0.3 is 5.43 Å². The molecule has 1 atom stereocenters. The Labute approximate surface area is 122 Å². The van der Waals surface area contributed by atoms with Crippen LogP contribution in [0.4, 0.5) is 11.4 Å². The molecule has 1 fully saturated rings. The fourth-order valence-corrected chi connectivity index (χ4v) is 3.27. The minimum Gasteiger partial charge on any atom is -0.318 e. The van der Waals surface area contributed by atoms with Gasteiger partial charge in [0.25, 0.3) is 5.69 Å². The van der Waals surface area contributed by atoms with Crippen LogP contribution in [0, 0.1) is 21.4 Å². The van der Waals surface area contributed by atoms with Gasteiger partial charge in [-0.2, -0.15) is 0 Å². The van der Waals surface area contributed by atoms with E-state index in [4.69, 9.17) is 5.84 Å². The fraction of sp³-hybridized carbons (Fsp3) is 0.500. The van der Waals surface area contributed by atoms with E-state index in [1.807, 2.05) is 0 Å². The topological polar surface area (TPSA) is 127 Å². The van der Waals surface area contributed by atoms with E-state index in [1.54, 1.807) is 0 Å². The van der Waals surface area contributed by atoms with Gasteiger partial charge in [0.05, 0.1) is 9.82 Å². The Hall–Kier alpha value is -1.71. The molecule has 1 aromatic rings. The second kappa shape index (κ2) is 5.24. The number of benzene rings is 1. The summed E-state index contributed by atoms with van der Waals surface area (Å²) in [5, 5.41) is 10.9. The summed E-state index contributed by atoms with van der Waals surface area (Å²) in [6.45, 7) is 4.47. The zero-order chi connectivity index (χ0) is 15.8. The Morgan fingerprint density at radius 1 is 1.48 bits per heavy atom. The highest BCUT2D eigenvalue weighted by molar-refractivity contribution is 7.89. The van der Waals surface area contributed by atoms with Gasteiger partial charge in [-0.15, -0.1) is 0 Å². The molecule has 1 aliphatic rings. The molecule has 1 unspecified atom stereocenters. The molecular formula is C12H18N4O4S. The van der Waals surface area contributed by atoms with Crippen LogP contribution in [0.1, 0.15) is 20.3 Å². The van der Waals surface area contributed by atoms with Crippen molar-refractivity contribution >= 4 is 21.4 Å². The highest BCUT2D eigenvalue weighted by Gasteiger charge is 2.45. The van der Waals surface area contributed by atoms with Crippen LogP contribution in [0.5, 0.6) is 0 Å². The molecule has 4 N–H and O–H groups in total. The number of nitrogens with one attached hydrogen (secondary N) is 2. The maximum atomic E-state index is 12.2. The Morgan fingerprint density at radius 2 is 2.10 bits per heavy atom. The molecule has 1 saturated carbocycles. The summed E-state index contributed by atoms with van der Waals surface area (Å²) in [7, 11) is -3.77. The van der Waals surface area contributed by atoms with Crippen LogP contribution in [0.15, 0.2) is 23.1 Å². The van der Waals surface area contributed by atoms with Crippen molar-refractivity contribution in [3.05, 3.63) is 28.3 Å². The summed E-state index contributed by atoms with van der Waals surface area (Å²) in [5.41, 5.74) is 2.00. The zero-order valence-electron chi connectivity index (χ0n) is 11.8. The largest absolute Gasteiger partial charge is 0.318 e. The third kappa shape index (κ3) is 3.31. The number of hydrogen-bond donors (Lipinski definition) is 3. The molecule has 0 aromatic heterocycles. The van der Waals surface area contributed by atoms with Crippen molar-refractivity contribution < 1.29 is 13.3 Å². The minimum absolute atomic E-state index is 0.0577. The molecule has 1 aliphatic carbocycles. The van der Waals surface area contributed by atoms with Crippen molar-refractivity contribution in [1.29, 1.82) is 0 Å². The molecule has 0 spiro atoms. The van der Waals surface area contributed by atoms with Gasteiger partial charge >= 0.3 is 0 Å². The summed E-state index contributed by atoms with van der Waals surface area (Å²) in [5.74, 6) is 5.46. The van der Waals surface area contributed by atoms with E-state index in [-0.39, 0.29) is 21.7 Å². The summed E-state index contributed by atoms with van der Waals surface area (Å²) in [4.78, 5) is 10.1. The molecule has 116 valence electrons. The van der Waals surface area contributed by atoms with E-state index in [0.29, 0.717) is 12.5 Å². The lowest BCUT2D eigenvalue weighted by atomic mass is 10.1. The van der Waals surface area contributed by atoms with Gasteiger partial charge in [0.2, 0.25) is 10.0 Å². The molecular weight excluding hydrogens is 296 g/mol. The first-order chi connectivity index (χ1) is 9.67. The van der Waals surface area contributed by atoms with Gasteiger partial charge in [0.15, 0.2) is 0 Å². The molecule has 0 heterocycles. The monoisotopic (exact) mass is 314 g/mol. The van der Waals surface area contributed by atoms with Gasteiger partial charge in [-0.1, -0.05) is 13.8 Å². The predicted octanol–water partition coefficient (Wildman–Crippen LogP) is 1.20. The number of nitro benzene ring substituents is 1. The first-order valence-electron chi connectivity index (χ1n) is 6.42. The Kier molecular flexibility index (Phi) is 3.91. The molecule has 0 radical (unpaired) electrons. The second-order valence-corrected chi connectivity index (χ2v) is 7.59.